The lowest BCUT2D eigenvalue weighted by atomic mass is 10.0. The summed E-state index contributed by atoms with van der Waals surface area (Å²) in [5.74, 6) is 2.73. The summed E-state index contributed by atoms with van der Waals surface area (Å²) in [6, 6.07) is 17.1. The number of benzene rings is 1. The molecule has 6 rings (SSSR count). The molecular weight excluding hydrogens is 482 g/mol. The largest absolute Gasteiger partial charge is 0.399 e. The Hall–Kier alpha value is -3.27. The molecule has 194 valence electrons. The predicted molar refractivity (Wildman–Crippen MR) is 151 cm³/mol. The van der Waals surface area contributed by atoms with E-state index in [4.69, 9.17) is 10.5 Å². The fraction of sp³-hybridized carbons (Fsp3) is 0.393. The first kappa shape index (κ1) is 24.1. The van der Waals surface area contributed by atoms with Crippen LogP contribution in [0.2, 0.25) is 0 Å². The van der Waals surface area contributed by atoms with Crippen molar-refractivity contribution in [3.05, 3.63) is 60.4 Å². The summed E-state index contributed by atoms with van der Waals surface area (Å²) in [7, 11) is 0. The molecule has 0 aliphatic carbocycles. The number of nitrogens with zero attached hydrogens (tertiary/aromatic N) is 4. The van der Waals surface area contributed by atoms with Gasteiger partial charge in [-0.2, -0.15) is 3.79 Å². The van der Waals surface area contributed by atoms with Crippen molar-refractivity contribution in [3.8, 4) is 16.8 Å². The molecule has 0 spiro atoms. The van der Waals surface area contributed by atoms with Crippen LogP contribution in [0.3, 0.4) is 0 Å². The van der Waals surface area contributed by atoms with Crippen molar-refractivity contribution in [3.63, 3.8) is 0 Å². The van der Waals surface area contributed by atoms with Crippen LogP contribution in [0.15, 0.2) is 60.4 Å². The van der Waals surface area contributed by atoms with Crippen molar-refractivity contribution in [1.82, 2.24) is 14.8 Å². The Bertz CT molecular complexity index is 1400. The zero-order chi connectivity index (χ0) is 25.7. The molecule has 9 heteroatoms. The standard InChI is InChI=1S/C28H35N7OS/c1-5-6-18(2)23-17-33(31-30-23)27-14-12-25-28(21-7-9-22(29)10-8-21)24-11-13-26(34(24)37-35(25)27)32-15-19(3)36-20(4)16-32/h7-14,17-20,29-31H,5-6,15-16H2,1-4H3/p+1. The Morgan fingerprint density at radius 1 is 1.08 bits per heavy atom. The number of anilines is 3. The second kappa shape index (κ2) is 9.55. The van der Waals surface area contributed by atoms with E-state index in [1.54, 1.807) is 11.7 Å². The van der Waals surface area contributed by atoms with Crippen molar-refractivity contribution in [2.45, 2.75) is 52.7 Å². The summed E-state index contributed by atoms with van der Waals surface area (Å²) >= 11 is 1.72. The van der Waals surface area contributed by atoms with E-state index < -0.39 is 0 Å². The second-order valence-electron chi connectivity index (χ2n) is 10.4. The highest BCUT2D eigenvalue weighted by molar-refractivity contribution is 6.96. The van der Waals surface area contributed by atoms with Gasteiger partial charge in [-0.25, -0.2) is 5.01 Å². The topological polar surface area (TPSA) is 74.1 Å². The molecule has 3 unspecified atom stereocenters. The molecule has 5 heterocycles. The normalized spacial score (nSPS) is 21.0. The average Bonchev–Trinajstić information content (AvgIpc) is 3.61. The fourth-order valence-corrected chi connectivity index (χ4v) is 6.73. The van der Waals surface area contributed by atoms with Crippen LogP contribution in [0.4, 0.5) is 17.3 Å². The zero-order valence-electron chi connectivity index (χ0n) is 21.9. The maximum absolute atomic E-state index is 6.05. The highest BCUT2D eigenvalue weighted by Gasteiger charge is 2.33. The minimum absolute atomic E-state index is 0.190. The number of hydrogen-bond donors (Lipinski definition) is 3. The summed E-state index contributed by atoms with van der Waals surface area (Å²) in [4.78, 5) is 2.45. The fourth-order valence-electron chi connectivity index (χ4n) is 5.59. The molecule has 1 aromatic carbocycles. The first-order valence-corrected chi connectivity index (χ1v) is 13.9. The smallest absolute Gasteiger partial charge is 0.239 e. The molecule has 0 amide bonds. The number of morpholine rings is 1. The van der Waals surface area contributed by atoms with Gasteiger partial charge in [0, 0.05) is 29.7 Å². The maximum atomic E-state index is 6.05. The van der Waals surface area contributed by atoms with Crippen molar-refractivity contribution >= 4 is 34.6 Å². The predicted octanol–water partition coefficient (Wildman–Crippen LogP) is 4.68. The van der Waals surface area contributed by atoms with E-state index in [-0.39, 0.29) is 12.2 Å². The van der Waals surface area contributed by atoms with Gasteiger partial charge in [0.15, 0.2) is 11.7 Å². The van der Waals surface area contributed by atoms with Gasteiger partial charge in [-0.1, -0.05) is 32.4 Å². The van der Waals surface area contributed by atoms with Crippen LogP contribution in [0, 0.1) is 5.92 Å². The van der Waals surface area contributed by atoms with Crippen LogP contribution in [0.5, 0.6) is 0 Å². The summed E-state index contributed by atoms with van der Waals surface area (Å²) < 4.78 is 10.7. The lowest BCUT2D eigenvalue weighted by molar-refractivity contribution is -0.505. The molecule has 0 bridgehead atoms. The molecule has 37 heavy (non-hydrogen) atoms. The Morgan fingerprint density at radius 2 is 1.84 bits per heavy atom. The van der Waals surface area contributed by atoms with E-state index in [1.807, 2.05) is 12.1 Å². The number of aromatic nitrogens is 2. The highest BCUT2D eigenvalue weighted by atomic mass is 32.1. The molecule has 4 aliphatic rings. The zero-order valence-corrected chi connectivity index (χ0v) is 22.8. The monoisotopic (exact) mass is 518 g/mol. The third-order valence-corrected chi connectivity index (χ3v) is 8.44. The van der Waals surface area contributed by atoms with Gasteiger partial charge in [-0.05, 0) is 56.0 Å². The van der Waals surface area contributed by atoms with E-state index >= 15 is 0 Å². The Balaban J connectivity index is 1.51. The summed E-state index contributed by atoms with van der Waals surface area (Å²) in [6.45, 7) is 10.5. The molecule has 0 radical (unpaired) electrons. The molecule has 2 aromatic rings. The third-order valence-electron chi connectivity index (χ3n) is 7.34. The van der Waals surface area contributed by atoms with Crippen molar-refractivity contribution < 1.29 is 8.69 Å². The summed E-state index contributed by atoms with van der Waals surface area (Å²) in [6.07, 6.45) is 4.88. The molecular formula is C28H36N7OS+. The number of allylic oxidation sites excluding steroid dienone is 1. The van der Waals surface area contributed by atoms with Gasteiger partial charge < -0.3 is 15.9 Å². The van der Waals surface area contributed by atoms with Crippen LogP contribution >= 0.6 is 11.7 Å². The van der Waals surface area contributed by atoms with Gasteiger partial charge in [-0.3, -0.25) is 4.90 Å². The van der Waals surface area contributed by atoms with Gasteiger partial charge in [0.2, 0.25) is 11.6 Å². The number of hydrogen-bond acceptors (Lipinski definition) is 7. The number of nitrogen functional groups attached to an aromatic ring is 1. The Kier molecular flexibility index (Phi) is 6.22. The molecule has 0 saturated carbocycles. The van der Waals surface area contributed by atoms with Crippen LogP contribution in [0.1, 0.15) is 40.5 Å². The van der Waals surface area contributed by atoms with Gasteiger partial charge >= 0.3 is 0 Å². The molecule has 8 nitrogen and oxygen atoms in total. The minimum atomic E-state index is 0.190. The SMILES string of the molecule is CCCC(C)C1=CN(c2ccc3c(-c4ccc(N)cc4)c4ccc(N5CC(C)OC(C)C5)[n+]-4sn23)NN1. The molecule has 4 N–H and O–H groups in total. The summed E-state index contributed by atoms with van der Waals surface area (Å²) in [5, 5.41) is 2.09. The van der Waals surface area contributed by atoms with E-state index in [9.17, 15) is 0 Å². The van der Waals surface area contributed by atoms with Crippen LogP contribution in [-0.2, 0) is 4.74 Å². The average molecular weight is 519 g/mol. The number of rotatable bonds is 6. The summed E-state index contributed by atoms with van der Waals surface area (Å²) in [5.41, 5.74) is 19.5. The first-order valence-electron chi connectivity index (χ1n) is 13.2. The number of fused-ring (bicyclic) bond motifs is 2. The van der Waals surface area contributed by atoms with Gasteiger partial charge in [0.05, 0.1) is 30.9 Å². The minimum Gasteiger partial charge on any atom is -0.399 e. The van der Waals surface area contributed by atoms with Gasteiger partial charge in [0.25, 0.3) is 0 Å². The Labute approximate surface area is 222 Å². The number of nitrogens with one attached hydrogen (secondary N) is 2. The van der Waals surface area contributed by atoms with Gasteiger partial charge in [-0.15, -0.1) is 9.49 Å². The van der Waals surface area contributed by atoms with E-state index in [1.165, 1.54) is 22.8 Å². The lowest BCUT2D eigenvalue weighted by Crippen LogP contribution is -2.49. The van der Waals surface area contributed by atoms with Crippen molar-refractivity contribution in [2.24, 2.45) is 5.92 Å². The third kappa shape index (κ3) is 4.31. The van der Waals surface area contributed by atoms with E-state index in [0.717, 1.165) is 48.5 Å². The number of hydrazine groups is 2. The number of ether oxygens (including phenoxy) is 1. The van der Waals surface area contributed by atoms with Crippen LogP contribution < -0.4 is 30.6 Å². The number of nitrogens with two attached hydrogens (primary N) is 1. The quantitative estimate of drug-likeness (QED) is 0.254. The molecule has 3 atom stereocenters. The molecule has 1 saturated heterocycles. The lowest BCUT2D eigenvalue weighted by Gasteiger charge is -2.32. The highest BCUT2D eigenvalue weighted by Crippen LogP contribution is 2.37. The Morgan fingerprint density at radius 3 is 2.57 bits per heavy atom. The first-order chi connectivity index (χ1) is 17.9. The van der Waals surface area contributed by atoms with Crippen LogP contribution in [0.25, 0.3) is 22.3 Å². The van der Waals surface area contributed by atoms with Crippen molar-refractivity contribution in [2.75, 3.05) is 28.7 Å². The maximum Gasteiger partial charge on any atom is 0.239 e. The second-order valence-corrected chi connectivity index (χ2v) is 11.3. The van der Waals surface area contributed by atoms with E-state index in [0.29, 0.717) is 5.92 Å². The molecule has 4 aliphatic heterocycles. The molecule has 1 aromatic heterocycles. The van der Waals surface area contributed by atoms with Gasteiger partial charge in [0.1, 0.15) is 11.2 Å². The molecule has 1 fully saturated rings. The van der Waals surface area contributed by atoms with E-state index in [2.05, 4.69) is 98.9 Å². The van der Waals surface area contributed by atoms with Crippen molar-refractivity contribution in [1.29, 1.82) is 0 Å². The van der Waals surface area contributed by atoms with Crippen LogP contribution in [-0.4, -0.2) is 29.1 Å².